The molecule has 0 spiro atoms. The Morgan fingerprint density at radius 1 is 1.21 bits per heavy atom. The minimum atomic E-state index is -0.136. The van der Waals surface area contributed by atoms with Crippen LogP contribution in [0.5, 0.6) is 0 Å². The van der Waals surface area contributed by atoms with E-state index in [0.29, 0.717) is 31.0 Å². The molecule has 1 amide bonds. The zero-order valence-corrected chi connectivity index (χ0v) is 17.0. The minimum Gasteiger partial charge on any atom is -0.379 e. The maximum absolute atomic E-state index is 12.4. The van der Waals surface area contributed by atoms with Crippen LogP contribution in [0.3, 0.4) is 0 Å². The van der Waals surface area contributed by atoms with Gasteiger partial charge in [-0.15, -0.1) is 0 Å². The largest absolute Gasteiger partial charge is 0.379 e. The number of carbonyl (C=O) groups excluding carboxylic acids is 1. The number of rotatable bonds is 7. The molecule has 0 unspecified atom stereocenters. The van der Waals surface area contributed by atoms with Gasteiger partial charge in [0.2, 0.25) is 11.8 Å². The SMILES string of the molecule is CC(C)(C)c1noc(CCCC(=O)Nc2ccccc2CN2CCOCC2)n1. The van der Waals surface area contributed by atoms with Gasteiger partial charge in [0.15, 0.2) is 5.82 Å². The van der Waals surface area contributed by atoms with E-state index in [0.717, 1.165) is 44.1 Å². The van der Waals surface area contributed by atoms with Crippen LogP contribution in [0.2, 0.25) is 0 Å². The third-order valence-corrected chi connectivity index (χ3v) is 4.72. The fourth-order valence-corrected chi connectivity index (χ4v) is 3.05. The number of aryl methyl sites for hydroxylation is 1. The molecule has 1 fully saturated rings. The van der Waals surface area contributed by atoms with Crippen LogP contribution in [0.15, 0.2) is 28.8 Å². The number of morpholine rings is 1. The van der Waals surface area contributed by atoms with E-state index in [1.807, 2.05) is 39.0 Å². The summed E-state index contributed by atoms with van der Waals surface area (Å²) in [6, 6.07) is 7.98. The number of benzene rings is 1. The lowest BCUT2D eigenvalue weighted by Gasteiger charge is -2.27. The van der Waals surface area contributed by atoms with Gasteiger partial charge in [-0.2, -0.15) is 4.98 Å². The van der Waals surface area contributed by atoms with E-state index >= 15 is 0 Å². The highest BCUT2D eigenvalue weighted by Gasteiger charge is 2.21. The average molecular weight is 386 g/mol. The van der Waals surface area contributed by atoms with E-state index < -0.39 is 0 Å². The van der Waals surface area contributed by atoms with Gasteiger partial charge in [0.05, 0.1) is 13.2 Å². The molecule has 7 heteroatoms. The predicted molar refractivity (Wildman–Crippen MR) is 107 cm³/mol. The molecule has 0 atom stereocenters. The first kappa shape index (κ1) is 20.5. The maximum atomic E-state index is 12.4. The normalized spacial score (nSPS) is 15.5. The number of nitrogens with one attached hydrogen (secondary N) is 1. The summed E-state index contributed by atoms with van der Waals surface area (Å²) in [4.78, 5) is 19.2. The summed E-state index contributed by atoms with van der Waals surface area (Å²) < 4.78 is 10.7. The standard InChI is InChI=1S/C21H30N4O3/c1-21(2,3)20-23-19(28-24-20)10-6-9-18(26)22-17-8-5-4-7-16(17)15-25-11-13-27-14-12-25/h4-5,7-8H,6,9-15H2,1-3H3,(H,22,26). The smallest absolute Gasteiger partial charge is 0.226 e. The molecule has 1 aromatic carbocycles. The van der Waals surface area contributed by atoms with E-state index in [1.165, 1.54) is 0 Å². The Kier molecular flexibility index (Phi) is 6.80. The fraction of sp³-hybridized carbons (Fsp3) is 0.571. The first-order valence-electron chi connectivity index (χ1n) is 9.93. The predicted octanol–water partition coefficient (Wildman–Crippen LogP) is 3.16. The number of hydrogen-bond acceptors (Lipinski definition) is 6. The van der Waals surface area contributed by atoms with Crippen molar-refractivity contribution >= 4 is 11.6 Å². The Labute approximate surface area is 166 Å². The van der Waals surface area contributed by atoms with Crippen LogP contribution in [0.1, 0.15) is 50.9 Å². The summed E-state index contributed by atoms with van der Waals surface area (Å²) in [6.07, 6.45) is 1.69. The van der Waals surface area contributed by atoms with Crippen molar-refractivity contribution in [3.05, 3.63) is 41.5 Å². The van der Waals surface area contributed by atoms with Crippen molar-refractivity contribution in [1.29, 1.82) is 0 Å². The Hall–Kier alpha value is -2.25. The summed E-state index contributed by atoms with van der Waals surface area (Å²) >= 11 is 0. The van der Waals surface area contributed by atoms with Gasteiger partial charge >= 0.3 is 0 Å². The van der Waals surface area contributed by atoms with Gasteiger partial charge < -0.3 is 14.6 Å². The molecule has 0 aliphatic carbocycles. The molecule has 0 bridgehead atoms. The Balaban J connectivity index is 1.49. The van der Waals surface area contributed by atoms with E-state index in [-0.39, 0.29) is 11.3 Å². The number of amides is 1. The first-order valence-corrected chi connectivity index (χ1v) is 9.93. The molecule has 7 nitrogen and oxygen atoms in total. The summed E-state index contributed by atoms with van der Waals surface area (Å²) in [6.45, 7) is 10.3. The molecule has 0 radical (unpaired) electrons. The van der Waals surface area contributed by atoms with Crippen molar-refractivity contribution < 1.29 is 14.1 Å². The lowest BCUT2D eigenvalue weighted by atomic mass is 9.96. The van der Waals surface area contributed by atoms with Crippen molar-refractivity contribution in [2.75, 3.05) is 31.6 Å². The quantitative estimate of drug-likeness (QED) is 0.787. The molecule has 2 aromatic rings. The first-order chi connectivity index (χ1) is 13.4. The Bertz CT molecular complexity index is 776. The number of nitrogens with zero attached hydrogens (tertiary/aromatic N) is 3. The second kappa shape index (κ2) is 9.30. The molecule has 3 rings (SSSR count). The van der Waals surface area contributed by atoms with E-state index in [1.54, 1.807) is 0 Å². The summed E-state index contributed by atoms with van der Waals surface area (Å²) in [5.74, 6) is 1.29. The van der Waals surface area contributed by atoms with Crippen molar-refractivity contribution in [3.8, 4) is 0 Å². The van der Waals surface area contributed by atoms with Crippen molar-refractivity contribution in [2.24, 2.45) is 0 Å². The Morgan fingerprint density at radius 3 is 2.68 bits per heavy atom. The highest BCUT2D eigenvalue weighted by molar-refractivity contribution is 5.91. The lowest BCUT2D eigenvalue weighted by Crippen LogP contribution is -2.35. The number of anilines is 1. The average Bonchev–Trinajstić information content (AvgIpc) is 3.14. The number of para-hydroxylation sites is 1. The molecule has 1 saturated heterocycles. The van der Waals surface area contributed by atoms with Gasteiger partial charge in [0.1, 0.15) is 0 Å². The third kappa shape index (κ3) is 5.87. The second-order valence-electron chi connectivity index (χ2n) is 8.21. The molecule has 152 valence electrons. The van der Waals surface area contributed by atoms with E-state index in [9.17, 15) is 4.79 Å². The maximum Gasteiger partial charge on any atom is 0.226 e. The van der Waals surface area contributed by atoms with Crippen LogP contribution in [0.4, 0.5) is 5.69 Å². The molecule has 2 heterocycles. The number of hydrogen-bond donors (Lipinski definition) is 1. The number of aromatic nitrogens is 2. The van der Waals surface area contributed by atoms with Crippen LogP contribution < -0.4 is 5.32 Å². The zero-order chi connectivity index (χ0) is 20.0. The topological polar surface area (TPSA) is 80.5 Å². The summed E-state index contributed by atoms with van der Waals surface area (Å²) in [5.41, 5.74) is 1.87. The van der Waals surface area contributed by atoms with Gasteiger partial charge in [-0.3, -0.25) is 9.69 Å². The van der Waals surface area contributed by atoms with Crippen LogP contribution in [0, 0.1) is 0 Å². The van der Waals surface area contributed by atoms with Gasteiger partial charge in [-0.05, 0) is 18.1 Å². The monoisotopic (exact) mass is 386 g/mol. The van der Waals surface area contributed by atoms with Crippen LogP contribution in [0.25, 0.3) is 0 Å². The third-order valence-electron chi connectivity index (χ3n) is 4.72. The van der Waals surface area contributed by atoms with Gasteiger partial charge in [0, 0.05) is 43.6 Å². The summed E-state index contributed by atoms with van der Waals surface area (Å²) in [7, 11) is 0. The molecule has 1 aromatic heterocycles. The molecule has 0 saturated carbocycles. The molecule has 1 aliphatic rings. The molecule has 28 heavy (non-hydrogen) atoms. The highest BCUT2D eigenvalue weighted by atomic mass is 16.5. The fourth-order valence-electron chi connectivity index (χ4n) is 3.05. The van der Waals surface area contributed by atoms with Crippen LogP contribution in [-0.2, 0) is 27.9 Å². The summed E-state index contributed by atoms with van der Waals surface area (Å²) in [5, 5.41) is 7.07. The van der Waals surface area contributed by atoms with E-state index in [4.69, 9.17) is 9.26 Å². The van der Waals surface area contributed by atoms with Crippen molar-refractivity contribution in [1.82, 2.24) is 15.0 Å². The zero-order valence-electron chi connectivity index (χ0n) is 17.0. The second-order valence-corrected chi connectivity index (χ2v) is 8.21. The Morgan fingerprint density at radius 2 is 1.96 bits per heavy atom. The van der Waals surface area contributed by atoms with Crippen molar-refractivity contribution in [3.63, 3.8) is 0 Å². The lowest BCUT2D eigenvalue weighted by molar-refractivity contribution is -0.116. The van der Waals surface area contributed by atoms with Gasteiger partial charge in [0.25, 0.3) is 0 Å². The van der Waals surface area contributed by atoms with Crippen molar-refractivity contribution in [2.45, 2.75) is 52.0 Å². The highest BCUT2D eigenvalue weighted by Crippen LogP contribution is 2.20. The van der Waals surface area contributed by atoms with E-state index in [2.05, 4.69) is 26.4 Å². The van der Waals surface area contributed by atoms with Crippen LogP contribution in [-0.4, -0.2) is 47.3 Å². The molecular weight excluding hydrogens is 356 g/mol. The number of carbonyl (C=O) groups is 1. The van der Waals surface area contributed by atoms with Gasteiger partial charge in [-0.1, -0.05) is 44.1 Å². The number of ether oxygens (including phenoxy) is 1. The molecule has 1 aliphatic heterocycles. The van der Waals surface area contributed by atoms with Gasteiger partial charge in [-0.25, -0.2) is 0 Å². The molecular formula is C21H30N4O3. The van der Waals surface area contributed by atoms with Crippen LogP contribution >= 0.6 is 0 Å². The minimum absolute atomic E-state index is 0.00462. The molecule has 1 N–H and O–H groups in total.